The van der Waals surface area contributed by atoms with Gasteiger partial charge >= 0.3 is 0 Å². The second-order valence-corrected chi connectivity index (χ2v) is 8.45. The van der Waals surface area contributed by atoms with Gasteiger partial charge in [0.15, 0.2) is 0 Å². The Kier molecular flexibility index (Phi) is 5.07. The summed E-state index contributed by atoms with van der Waals surface area (Å²) in [6.45, 7) is 2.00. The zero-order valence-corrected chi connectivity index (χ0v) is 14.2. The van der Waals surface area contributed by atoms with Crippen molar-refractivity contribution in [2.45, 2.75) is 43.1 Å². The molecule has 1 aliphatic rings. The summed E-state index contributed by atoms with van der Waals surface area (Å²) in [6, 6.07) is 3.63. The van der Waals surface area contributed by atoms with Gasteiger partial charge in [0.2, 0.25) is 10.0 Å². The smallest absolute Gasteiger partial charge is 0.240 e. The first-order chi connectivity index (χ1) is 9.72. The fourth-order valence-electron chi connectivity index (χ4n) is 2.75. The standard InChI is InChI=1S/C14H19BrFNO3S/c1-10-3-2-6-14(18,8-10)9-17-21(19,20)11-4-5-12(15)13(16)7-11/h4-5,7,10,17-18H,2-3,6,8-9H2,1H3. The van der Waals surface area contributed by atoms with Crippen LogP contribution >= 0.6 is 15.9 Å². The first kappa shape index (κ1) is 16.9. The van der Waals surface area contributed by atoms with E-state index in [1.165, 1.54) is 12.1 Å². The van der Waals surface area contributed by atoms with Gasteiger partial charge in [-0.2, -0.15) is 0 Å². The van der Waals surface area contributed by atoms with Gasteiger partial charge in [-0.1, -0.05) is 19.8 Å². The summed E-state index contributed by atoms with van der Waals surface area (Å²) in [4.78, 5) is -0.143. The molecule has 0 heterocycles. The first-order valence-electron chi connectivity index (χ1n) is 6.89. The van der Waals surface area contributed by atoms with Crippen molar-refractivity contribution in [2.75, 3.05) is 6.54 Å². The molecule has 2 unspecified atom stereocenters. The van der Waals surface area contributed by atoms with Gasteiger partial charge in [-0.05, 0) is 52.9 Å². The molecule has 7 heteroatoms. The Morgan fingerprint density at radius 3 is 2.86 bits per heavy atom. The average Bonchev–Trinajstić information content (AvgIpc) is 2.40. The van der Waals surface area contributed by atoms with Gasteiger partial charge in [-0.15, -0.1) is 0 Å². The van der Waals surface area contributed by atoms with Crippen LogP contribution in [0.5, 0.6) is 0 Å². The van der Waals surface area contributed by atoms with E-state index in [-0.39, 0.29) is 15.9 Å². The fraction of sp³-hybridized carbons (Fsp3) is 0.571. The molecule has 0 aromatic heterocycles. The van der Waals surface area contributed by atoms with Crippen molar-refractivity contribution >= 4 is 26.0 Å². The Balaban J connectivity index is 2.09. The maximum absolute atomic E-state index is 13.4. The number of hydrogen-bond donors (Lipinski definition) is 2. The topological polar surface area (TPSA) is 66.4 Å². The summed E-state index contributed by atoms with van der Waals surface area (Å²) in [7, 11) is -3.83. The van der Waals surface area contributed by atoms with Crippen LogP contribution in [0, 0.1) is 11.7 Å². The van der Waals surface area contributed by atoms with Crippen molar-refractivity contribution < 1.29 is 17.9 Å². The van der Waals surface area contributed by atoms with Gasteiger partial charge in [0.05, 0.1) is 15.0 Å². The highest BCUT2D eigenvalue weighted by Crippen LogP contribution is 2.32. The molecular formula is C14H19BrFNO3S. The third kappa shape index (κ3) is 4.25. The van der Waals surface area contributed by atoms with Crippen LogP contribution in [0.2, 0.25) is 0 Å². The fourth-order valence-corrected chi connectivity index (χ4v) is 4.13. The average molecular weight is 380 g/mol. The van der Waals surface area contributed by atoms with Gasteiger partial charge in [-0.25, -0.2) is 17.5 Å². The molecule has 0 spiro atoms. The van der Waals surface area contributed by atoms with Crippen LogP contribution in [0.4, 0.5) is 4.39 Å². The minimum absolute atomic E-state index is 0.0443. The molecule has 0 amide bonds. The lowest BCUT2D eigenvalue weighted by atomic mass is 9.79. The predicted octanol–water partition coefficient (Wildman–Crippen LogP) is 2.81. The summed E-state index contributed by atoms with van der Waals surface area (Å²) in [5, 5.41) is 10.4. The van der Waals surface area contributed by atoms with Crippen molar-refractivity contribution in [3.8, 4) is 0 Å². The maximum atomic E-state index is 13.4. The van der Waals surface area contributed by atoms with Gasteiger partial charge in [0.1, 0.15) is 5.82 Å². The Bertz CT molecular complexity index is 623. The van der Waals surface area contributed by atoms with E-state index < -0.39 is 21.4 Å². The molecule has 1 aromatic carbocycles. The van der Waals surface area contributed by atoms with Crippen LogP contribution in [0.1, 0.15) is 32.6 Å². The minimum Gasteiger partial charge on any atom is -0.389 e. The molecule has 0 aliphatic heterocycles. The molecule has 1 aliphatic carbocycles. The van der Waals surface area contributed by atoms with Crippen LogP contribution in [-0.4, -0.2) is 25.7 Å². The summed E-state index contributed by atoms with van der Waals surface area (Å²) in [5.41, 5.74) is -1.02. The highest BCUT2D eigenvalue weighted by atomic mass is 79.9. The maximum Gasteiger partial charge on any atom is 0.240 e. The highest BCUT2D eigenvalue weighted by Gasteiger charge is 2.33. The number of rotatable bonds is 4. The zero-order valence-electron chi connectivity index (χ0n) is 11.8. The summed E-state index contributed by atoms with van der Waals surface area (Å²) < 4.78 is 40.4. The number of sulfonamides is 1. The molecule has 0 radical (unpaired) electrons. The van der Waals surface area contributed by atoms with E-state index >= 15 is 0 Å². The Morgan fingerprint density at radius 1 is 1.52 bits per heavy atom. The second kappa shape index (κ2) is 6.32. The van der Waals surface area contributed by atoms with E-state index in [1.54, 1.807) is 0 Å². The van der Waals surface area contributed by atoms with Crippen LogP contribution < -0.4 is 4.72 Å². The van der Waals surface area contributed by atoms with E-state index in [1.807, 2.05) is 6.92 Å². The van der Waals surface area contributed by atoms with E-state index in [0.717, 1.165) is 18.9 Å². The molecule has 2 N–H and O–H groups in total. The van der Waals surface area contributed by atoms with E-state index in [9.17, 15) is 17.9 Å². The van der Waals surface area contributed by atoms with Crippen LogP contribution in [0.3, 0.4) is 0 Å². The first-order valence-corrected chi connectivity index (χ1v) is 9.17. The largest absolute Gasteiger partial charge is 0.389 e. The van der Waals surface area contributed by atoms with E-state index in [4.69, 9.17) is 0 Å². The van der Waals surface area contributed by atoms with Crippen LogP contribution in [0.25, 0.3) is 0 Å². The molecule has 4 nitrogen and oxygen atoms in total. The number of halogens is 2. The number of nitrogens with one attached hydrogen (secondary N) is 1. The van der Waals surface area contributed by atoms with E-state index in [0.29, 0.717) is 18.8 Å². The van der Waals surface area contributed by atoms with Crippen molar-refractivity contribution in [1.82, 2.24) is 4.72 Å². The SMILES string of the molecule is CC1CCCC(O)(CNS(=O)(=O)c2ccc(Br)c(F)c2)C1. The molecule has 1 saturated carbocycles. The minimum atomic E-state index is -3.83. The lowest BCUT2D eigenvalue weighted by Gasteiger charge is -2.35. The molecule has 2 atom stereocenters. The molecular weight excluding hydrogens is 361 g/mol. The van der Waals surface area contributed by atoms with Crippen LogP contribution in [0.15, 0.2) is 27.6 Å². The number of aliphatic hydroxyl groups is 1. The summed E-state index contributed by atoms with van der Waals surface area (Å²) >= 11 is 2.98. The van der Waals surface area contributed by atoms with Crippen molar-refractivity contribution in [3.63, 3.8) is 0 Å². The monoisotopic (exact) mass is 379 g/mol. The molecule has 2 rings (SSSR count). The summed E-state index contributed by atoms with van der Waals surface area (Å²) in [5.74, 6) is -0.263. The molecule has 0 saturated heterocycles. The lowest BCUT2D eigenvalue weighted by Crippen LogP contribution is -2.45. The zero-order chi connectivity index (χ0) is 15.7. The highest BCUT2D eigenvalue weighted by molar-refractivity contribution is 9.10. The third-order valence-corrected chi connectivity index (χ3v) is 5.90. The Labute approximate surface area is 132 Å². The normalized spacial score (nSPS) is 26.8. The molecule has 1 fully saturated rings. The second-order valence-electron chi connectivity index (χ2n) is 5.83. The summed E-state index contributed by atoms with van der Waals surface area (Å²) in [6.07, 6.45) is 3.08. The van der Waals surface area contributed by atoms with E-state index in [2.05, 4.69) is 20.7 Å². The van der Waals surface area contributed by atoms with Gasteiger partial charge in [-0.3, -0.25) is 0 Å². The lowest BCUT2D eigenvalue weighted by molar-refractivity contribution is -0.00751. The van der Waals surface area contributed by atoms with Crippen molar-refractivity contribution in [3.05, 3.63) is 28.5 Å². The molecule has 1 aromatic rings. The number of hydrogen-bond acceptors (Lipinski definition) is 3. The van der Waals surface area contributed by atoms with Gasteiger partial charge in [0.25, 0.3) is 0 Å². The predicted molar refractivity (Wildman–Crippen MR) is 81.9 cm³/mol. The van der Waals surface area contributed by atoms with Gasteiger partial charge in [0, 0.05) is 6.54 Å². The molecule has 21 heavy (non-hydrogen) atoms. The van der Waals surface area contributed by atoms with Crippen LogP contribution in [-0.2, 0) is 10.0 Å². The quantitative estimate of drug-likeness (QED) is 0.844. The van der Waals surface area contributed by atoms with Crippen molar-refractivity contribution in [1.29, 1.82) is 0 Å². The number of benzene rings is 1. The Hall–Kier alpha value is -0.500. The van der Waals surface area contributed by atoms with Crippen molar-refractivity contribution in [2.24, 2.45) is 5.92 Å². The molecule has 0 bridgehead atoms. The molecule has 118 valence electrons. The third-order valence-electron chi connectivity index (χ3n) is 3.86. The Morgan fingerprint density at radius 2 is 2.24 bits per heavy atom. The van der Waals surface area contributed by atoms with Gasteiger partial charge < -0.3 is 5.11 Å².